The third-order valence-corrected chi connectivity index (χ3v) is 2.01. The summed E-state index contributed by atoms with van der Waals surface area (Å²) in [6.45, 7) is 8.20. The molecule has 0 aromatic heterocycles. The maximum Gasteiger partial charge on any atom is 0.333 e. The zero-order chi connectivity index (χ0) is 13.5. The summed E-state index contributed by atoms with van der Waals surface area (Å²) in [7, 11) is 0. The predicted molar refractivity (Wildman–Crippen MR) is 70.9 cm³/mol. The second kappa shape index (κ2) is 14.9. The fourth-order valence-electron chi connectivity index (χ4n) is 0.977. The van der Waals surface area contributed by atoms with E-state index in [9.17, 15) is 9.59 Å². The average molecular weight is 242 g/mol. The molecule has 0 atom stereocenters. The molecule has 0 unspecified atom stereocenters. The molecule has 3 nitrogen and oxygen atoms in total. The molecule has 0 spiro atoms. The van der Waals surface area contributed by atoms with Crippen LogP contribution in [0.5, 0.6) is 0 Å². The molecule has 0 saturated heterocycles. The van der Waals surface area contributed by atoms with Crippen LogP contribution >= 0.6 is 0 Å². The van der Waals surface area contributed by atoms with E-state index in [1.807, 2.05) is 13.0 Å². The molecule has 0 aliphatic rings. The van der Waals surface area contributed by atoms with Crippen molar-refractivity contribution in [2.45, 2.75) is 59.8 Å². The van der Waals surface area contributed by atoms with Gasteiger partial charge in [-0.15, -0.1) is 0 Å². The lowest BCUT2D eigenvalue weighted by Gasteiger charge is -2.00. The molecule has 100 valence electrons. The van der Waals surface area contributed by atoms with E-state index in [1.54, 1.807) is 6.92 Å². The van der Waals surface area contributed by atoms with Gasteiger partial charge < -0.3 is 9.53 Å². The zero-order valence-electron chi connectivity index (χ0n) is 11.6. The van der Waals surface area contributed by atoms with E-state index in [1.165, 1.54) is 0 Å². The Hall–Kier alpha value is -1.12. The highest BCUT2D eigenvalue weighted by atomic mass is 16.5. The van der Waals surface area contributed by atoms with Crippen molar-refractivity contribution in [2.24, 2.45) is 0 Å². The third-order valence-electron chi connectivity index (χ3n) is 2.01. The molecule has 0 aromatic carbocycles. The molecule has 0 aromatic rings. The van der Waals surface area contributed by atoms with Crippen molar-refractivity contribution < 1.29 is 14.3 Å². The molecule has 0 radical (unpaired) electrons. The molecular weight excluding hydrogens is 216 g/mol. The van der Waals surface area contributed by atoms with Gasteiger partial charge in [-0.05, 0) is 26.7 Å². The zero-order valence-corrected chi connectivity index (χ0v) is 11.6. The molecule has 17 heavy (non-hydrogen) atoms. The number of allylic oxidation sites excluding steroid dienone is 1. The van der Waals surface area contributed by atoms with Crippen LogP contribution in [-0.4, -0.2) is 18.9 Å². The topological polar surface area (TPSA) is 43.4 Å². The number of aldehydes is 1. The van der Waals surface area contributed by atoms with Crippen molar-refractivity contribution in [3.63, 3.8) is 0 Å². The number of rotatable bonds is 7. The maximum atomic E-state index is 11.0. The number of unbranched alkanes of at least 4 members (excludes halogenated alkanes) is 3. The Morgan fingerprint density at radius 1 is 1.12 bits per heavy atom. The van der Waals surface area contributed by atoms with Crippen LogP contribution in [0.4, 0.5) is 0 Å². The Balaban J connectivity index is 0. The van der Waals surface area contributed by atoms with Gasteiger partial charge in [0.2, 0.25) is 0 Å². The smallest absolute Gasteiger partial charge is 0.333 e. The highest BCUT2D eigenvalue weighted by Gasteiger charge is 2.01. The lowest BCUT2D eigenvalue weighted by molar-refractivity contribution is -0.138. The molecule has 0 rings (SSSR count). The third kappa shape index (κ3) is 14.9. The second-order valence-corrected chi connectivity index (χ2v) is 3.71. The van der Waals surface area contributed by atoms with Crippen molar-refractivity contribution in [1.82, 2.24) is 0 Å². The molecule has 0 amide bonds. The molecule has 0 saturated carbocycles. The van der Waals surface area contributed by atoms with Gasteiger partial charge in [-0.2, -0.15) is 0 Å². The van der Waals surface area contributed by atoms with E-state index in [-0.39, 0.29) is 5.97 Å². The Bertz CT molecular complexity index is 220. The van der Waals surface area contributed by atoms with Crippen LogP contribution in [0.25, 0.3) is 0 Å². The summed E-state index contributed by atoms with van der Waals surface area (Å²) in [5.41, 5.74) is 0.716. The minimum absolute atomic E-state index is 0.194. The number of esters is 1. The summed E-state index contributed by atoms with van der Waals surface area (Å²) in [6, 6.07) is 0. The van der Waals surface area contributed by atoms with Crippen LogP contribution < -0.4 is 0 Å². The summed E-state index contributed by atoms with van der Waals surface area (Å²) in [5.74, 6) is -0.194. The Morgan fingerprint density at radius 3 is 2.12 bits per heavy atom. The standard InChI is InChI=1S/C9H16O2.C5H10O/c1-4-6-7-8(3)9(10)11-5-2;1-2-3-4-5-6/h7H,4-6H2,1-3H3;5H,2-4H2,1H3. The van der Waals surface area contributed by atoms with Crippen LogP contribution in [0.15, 0.2) is 11.6 Å². The predicted octanol–water partition coefficient (Wildman–Crippen LogP) is 3.67. The van der Waals surface area contributed by atoms with Crippen LogP contribution in [0.3, 0.4) is 0 Å². The van der Waals surface area contributed by atoms with E-state index in [0.717, 1.165) is 38.4 Å². The van der Waals surface area contributed by atoms with Gasteiger partial charge in [0.1, 0.15) is 6.29 Å². The van der Waals surface area contributed by atoms with Crippen LogP contribution in [-0.2, 0) is 14.3 Å². The van der Waals surface area contributed by atoms with E-state index in [0.29, 0.717) is 12.2 Å². The van der Waals surface area contributed by atoms with Gasteiger partial charge in [0, 0.05) is 12.0 Å². The van der Waals surface area contributed by atoms with E-state index < -0.39 is 0 Å². The van der Waals surface area contributed by atoms with Gasteiger partial charge in [-0.1, -0.05) is 32.8 Å². The van der Waals surface area contributed by atoms with E-state index in [4.69, 9.17) is 4.74 Å². The normalized spacial score (nSPS) is 10.2. The molecular formula is C14H26O3. The average Bonchev–Trinajstić information content (AvgIpc) is 2.34. The Kier molecular flexibility index (Phi) is 16.0. The van der Waals surface area contributed by atoms with Crippen molar-refractivity contribution in [3.05, 3.63) is 11.6 Å². The minimum Gasteiger partial charge on any atom is -0.463 e. The van der Waals surface area contributed by atoms with E-state index >= 15 is 0 Å². The van der Waals surface area contributed by atoms with E-state index in [2.05, 4.69) is 13.8 Å². The number of carbonyl (C=O) groups is 2. The first kappa shape index (κ1) is 18.3. The minimum atomic E-state index is -0.194. The molecule has 0 bridgehead atoms. The molecule has 0 heterocycles. The number of hydrogen-bond donors (Lipinski definition) is 0. The highest BCUT2D eigenvalue weighted by Crippen LogP contribution is 2.00. The first-order valence-corrected chi connectivity index (χ1v) is 6.41. The fraction of sp³-hybridized carbons (Fsp3) is 0.714. The van der Waals surface area contributed by atoms with Crippen molar-refractivity contribution in [1.29, 1.82) is 0 Å². The van der Waals surface area contributed by atoms with Gasteiger partial charge in [0.15, 0.2) is 0 Å². The Labute approximate surface area is 105 Å². The highest BCUT2D eigenvalue weighted by molar-refractivity contribution is 5.87. The molecule has 0 fully saturated rings. The van der Waals surface area contributed by atoms with Crippen molar-refractivity contribution in [3.8, 4) is 0 Å². The largest absolute Gasteiger partial charge is 0.463 e. The molecule has 0 N–H and O–H groups in total. The molecule has 3 heteroatoms. The van der Waals surface area contributed by atoms with Crippen molar-refractivity contribution >= 4 is 12.3 Å². The Morgan fingerprint density at radius 2 is 1.76 bits per heavy atom. The first-order chi connectivity index (χ1) is 8.13. The second-order valence-electron chi connectivity index (χ2n) is 3.71. The maximum absolute atomic E-state index is 11.0. The van der Waals surface area contributed by atoms with Gasteiger partial charge in [0.05, 0.1) is 6.61 Å². The fourth-order valence-corrected chi connectivity index (χ4v) is 0.977. The van der Waals surface area contributed by atoms with Crippen molar-refractivity contribution in [2.75, 3.05) is 6.61 Å². The summed E-state index contributed by atoms with van der Waals surface area (Å²) in [4.78, 5) is 20.5. The summed E-state index contributed by atoms with van der Waals surface area (Å²) in [6.07, 6.45) is 7.79. The van der Waals surface area contributed by atoms with Crippen LogP contribution in [0, 0.1) is 0 Å². The SMILES string of the molecule is CCCC=C(C)C(=O)OCC.CCCCC=O. The van der Waals surface area contributed by atoms with Gasteiger partial charge in [-0.25, -0.2) is 4.79 Å². The van der Waals surface area contributed by atoms with Crippen LogP contribution in [0.2, 0.25) is 0 Å². The number of carbonyl (C=O) groups excluding carboxylic acids is 2. The molecule has 0 aliphatic carbocycles. The van der Waals surface area contributed by atoms with Crippen LogP contribution in [0.1, 0.15) is 59.8 Å². The van der Waals surface area contributed by atoms with Gasteiger partial charge in [0.25, 0.3) is 0 Å². The van der Waals surface area contributed by atoms with Gasteiger partial charge in [-0.3, -0.25) is 0 Å². The lowest BCUT2D eigenvalue weighted by atomic mass is 10.2. The lowest BCUT2D eigenvalue weighted by Crippen LogP contribution is -2.04. The monoisotopic (exact) mass is 242 g/mol. The quantitative estimate of drug-likeness (QED) is 0.296. The summed E-state index contributed by atoms with van der Waals surface area (Å²) < 4.78 is 4.79. The first-order valence-electron chi connectivity index (χ1n) is 6.41. The molecule has 0 aliphatic heterocycles. The van der Waals surface area contributed by atoms with Gasteiger partial charge >= 0.3 is 5.97 Å². The number of hydrogen-bond acceptors (Lipinski definition) is 3. The summed E-state index contributed by atoms with van der Waals surface area (Å²) >= 11 is 0. The summed E-state index contributed by atoms with van der Waals surface area (Å²) in [5, 5.41) is 0. The number of ether oxygens (including phenoxy) is 1.